The number of carbonyl (C=O) groups excluding carboxylic acids is 1. The summed E-state index contributed by atoms with van der Waals surface area (Å²) in [6, 6.07) is 0. The summed E-state index contributed by atoms with van der Waals surface area (Å²) in [5.74, 6) is 0.806. The Balaban J connectivity index is 1.69. The predicted molar refractivity (Wildman–Crippen MR) is 68.6 cm³/mol. The molecule has 4 nitrogen and oxygen atoms in total. The number of nitrogens with one attached hydrogen (secondary N) is 1. The molecule has 2 aliphatic heterocycles. The zero-order valence-corrected chi connectivity index (χ0v) is 10.7. The summed E-state index contributed by atoms with van der Waals surface area (Å²) in [5.41, 5.74) is 5.39. The van der Waals surface area contributed by atoms with Gasteiger partial charge in [0.05, 0.1) is 5.92 Å². The molecule has 0 radical (unpaired) electrons. The Morgan fingerprint density at radius 1 is 1.35 bits per heavy atom. The largest absolute Gasteiger partial charge is 0.369 e. The number of likely N-dealkylation sites (tertiary alicyclic amines) is 1. The van der Waals surface area contributed by atoms with Gasteiger partial charge in [-0.15, -0.1) is 0 Å². The topological polar surface area (TPSA) is 58.4 Å². The number of nitrogens with zero attached hydrogens (tertiary/aromatic N) is 1. The summed E-state index contributed by atoms with van der Waals surface area (Å²) in [5, 5.41) is 3.46. The van der Waals surface area contributed by atoms with Gasteiger partial charge in [-0.25, -0.2) is 0 Å². The molecule has 2 saturated heterocycles. The van der Waals surface area contributed by atoms with Gasteiger partial charge in [-0.2, -0.15) is 0 Å². The monoisotopic (exact) mass is 239 g/mol. The third kappa shape index (κ3) is 3.96. The van der Waals surface area contributed by atoms with Gasteiger partial charge in [-0.3, -0.25) is 4.79 Å². The van der Waals surface area contributed by atoms with E-state index in [9.17, 15) is 4.79 Å². The van der Waals surface area contributed by atoms with Crippen LogP contribution in [0.1, 0.15) is 32.1 Å². The smallest absolute Gasteiger partial charge is 0.221 e. The summed E-state index contributed by atoms with van der Waals surface area (Å²) < 4.78 is 0. The van der Waals surface area contributed by atoms with Crippen LogP contribution in [0.2, 0.25) is 0 Å². The van der Waals surface area contributed by atoms with Gasteiger partial charge in [0.25, 0.3) is 0 Å². The van der Waals surface area contributed by atoms with Gasteiger partial charge < -0.3 is 16.0 Å². The van der Waals surface area contributed by atoms with Crippen LogP contribution >= 0.6 is 0 Å². The van der Waals surface area contributed by atoms with Crippen LogP contribution in [0.5, 0.6) is 0 Å². The van der Waals surface area contributed by atoms with Crippen LogP contribution < -0.4 is 11.1 Å². The van der Waals surface area contributed by atoms with Crippen LogP contribution in [0.4, 0.5) is 0 Å². The number of piperidine rings is 2. The first-order valence-corrected chi connectivity index (χ1v) is 6.98. The Labute approximate surface area is 104 Å². The SMILES string of the molecule is NC(=O)C1CCCN(CCC2CCCNC2)C1. The fraction of sp³-hybridized carbons (Fsp3) is 0.923. The molecule has 2 rings (SSSR count). The minimum Gasteiger partial charge on any atom is -0.369 e. The van der Waals surface area contributed by atoms with E-state index in [2.05, 4.69) is 10.2 Å². The zero-order chi connectivity index (χ0) is 12.1. The van der Waals surface area contributed by atoms with Gasteiger partial charge in [0.2, 0.25) is 5.91 Å². The zero-order valence-electron chi connectivity index (χ0n) is 10.7. The summed E-state index contributed by atoms with van der Waals surface area (Å²) in [6.07, 6.45) is 6.04. The van der Waals surface area contributed by atoms with Gasteiger partial charge in [0.1, 0.15) is 0 Å². The van der Waals surface area contributed by atoms with Crippen LogP contribution in [0, 0.1) is 11.8 Å². The van der Waals surface area contributed by atoms with Crippen molar-refractivity contribution in [3.63, 3.8) is 0 Å². The molecule has 0 spiro atoms. The highest BCUT2D eigenvalue weighted by molar-refractivity contribution is 5.76. The highest BCUT2D eigenvalue weighted by Gasteiger charge is 2.24. The number of carbonyl (C=O) groups is 1. The summed E-state index contributed by atoms with van der Waals surface area (Å²) in [7, 11) is 0. The van der Waals surface area contributed by atoms with Crippen molar-refractivity contribution < 1.29 is 4.79 Å². The summed E-state index contributed by atoms with van der Waals surface area (Å²) in [6.45, 7) is 5.52. The van der Waals surface area contributed by atoms with Gasteiger partial charge >= 0.3 is 0 Å². The van der Waals surface area contributed by atoms with Gasteiger partial charge in [0.15, 0.2) is 0 Å². The van der Waals surface area contributed by atoms with Crippen LogP contribution in [-0.4, -0.2) is 43.5 Å². The highest BCUT2D eigenvalue weighted by Crippen LogP contribution is 2.19. The van der Waals surface area contributed by atoms with Crippen molar-refractivity contribution in [2.24, 2.45) is 17.6 Å². The van der Waals surface area contributed by atoms with Crippen molar-refractivity contribution in [3.05, 3.63) is 0 Å². The maximum atomic E-state index is 11.2. The van der Waals surface area contributed by atoms with Crippen LogP contribution in [-0.2, 0) is 4.79 Å². The summed E-state index contributed by atoms with van der Waals surface area (Å²) >= 11 is 0. The van der Waals surface area contributed by atoms with Gasteiger partial charge in [0, 0.05) is 6.54 Å². The lowest BCUT2D eigenvalue weighted by Crippen LogP contribution is -2.42. The predicted octanol–water partition coefficient (Wildman–Crippen LogP) is 0.573. The molecule has 4 heteroatoms. The molecule has 0 aliphatic carbocycles. The number of hydrogen-bond acceptors (Lipinski definition) is 3. The number of amides is 1. The standard InChI is InChI=1S/C13H25N3O/c14-13(17)12-4-2-7-16(10-12)8-5-11-3-1-6-15-9-11/h11-12,15H,1-10H2,(H2,14,17). The van der Waals surface area contributed by atoms with Crippen LogP contribution in [0.25, 0.3) is 0 Å². The van der Waals surface area contributed by atoms with E-state index in [1.165, 1.54) is 32.4 Å². The summed E-state index contributed by atoms with van der Waals surface area (Å²) in [4.78, 5) is 13.6. The molecule has 98 valence electrons. The molecule has 3 N–H and O–H groups in total. The van der Waals surface area contributed by atoms with Crippen molar-refractivity contribution >= 4 is 5.91 Å². The van der Waals surface area contributed by atoms with E-state index in [1.807, 2.05) is 0 Å². The molecule has 2 atom stereocenters. The van der Waals surface area contributed by atoms with Gasteiger partial charge in [-0.1, -0.05) is 0 Å². The van der Waals surface area contributed by atoms with Gasteiger partial charge in [-0.05, 0) is 64.2 Å². The first-order chi connectivity index (χ1) is 8.25. The average molecular weight is 239 g/mol. The maximum absolute atomic E-state index is 11.2. The minimum atomic E-state index is -0.117. The molecule has 0 aromatic carbocycles. The fourth-order valence-electron chi connectivity index (χ4n) is 3.03. The molecule has 2 fully saturated rings. The van der Waals surface area contributed by atoms with E-state index in [0.29, 0.717) is 0 Å². The third-order valence-corrected chi connectivity index (χ3v) is 4.16. The van der Waals surface area contributed by atoms with Crippen molar-refractivity contribution in [1.29, 1.82) is 0 Å². The number of rotatable bonds is 4. The second-order valence-corrected chi connectivity index (χ2v) is 5.54. The number of primary amides is 1. The second-order valence-electron chi connectivity index (χ2n) is 5.54. The molecule has 17 heavy (non-hydrogen) atoms. The molecule has 0 bridgehead atoms. The molecule has 2 unspecified atom stereocenters. The molecular weight excluding hydrogens is 214 g/mol. The molecule has 2 aliphatic rings. The van der Waals surface area contributed by atoms with Crippen molar-refractivity contribution in [2.75, 3.05) is 32.7 Å². The first kappa shape index (κ1) is 12.8. The average Bonchev–Trinajstić information content (AvgIpc) is 2.38. The minimum absolute atomic E-state index is 0.0910. The van der Waals surface area contributed by atoms with E-state index >= 15 is 0 Å². The van der Waals surface area contributed by atoms with E-state index < -0.39 is 0 Å². The lowest BCUT2D eigenvalue weighted by molar-refractivity contribution is -0.123. The Kier molecular flexibility index (Phi) is 4.80. The Hall–Kier alpha value is -0.610. The normalized spacial score (nSPS) is 31.3. The lowest BCUT2D eigenvalue weighted by atomic mass is 9.94. The Morgan fingerprint density at radius 3 is 2.94 bits per heavy atom. The molecule has 1 amide bonds. The second kappa shape index (κ2) is 6.36. The van der Waals surface area contributed by atoms with Crippen molar-refractivity contribution in [3.8, 4) is 0 Å². The van der Waals surface area contributed by atoms with Crippen molar-refractivity contribution in [2.45, 2.75) is 32.1 Å². The highest BCUT2D eigenvalue weighted by atomic mass is 16.1. The van der Waals surface area contributed by atoms with E-state index in [4.69, 9.17) is 5.73 Å². The number of nitrogens with two attached hydrogens (primary N) is 1. The number of hydrogen-bond donors (Lipinski definition) is 2. The molecule has 2 heterocycles. The molecule has 0 aromatic heterocycles. The maximum Gasteiger partial charge on any atom is 0.221 e. The van der Waals surface area contributed by atoms with E-state index in [0.717, 1.165) is 38.4 Å². The van der Waals surface area contributed by atoms with E-state index in [1.54, 1.807) is 0 Å². The fourth-order valence-corrected chi connectivity index (χ4v) is 3.03. The van der Waals surface area contributed by atoms with Crippen LogP contribution in [0.3, 0.4) is 0 Å². The Bertz CT molecular complexity index is 251. The quantitative estimate of drug-likeness (QED) is 0.754. The molecule has 0 saturated carbocycles. The van der Waals surface area contributed by atoms with E-state index in [-0.39, 0.29) is 11.8 Å². The molecule has 0 aromatic rings. The van der Waals surface area contributed by atoms with Crippen molar-refractivity contribution in [1.82, 2.24) is 10.2 Å². The Morgan fingerprint density at radius 2 is 2.24 bits per heavy atom. The first-order valence-electron chi connectivity index (χ1n) is 6.98. The van der Waals surface area contributed by atoms with Crippen LogP contribution in [0.15, 0.2) is 0 Å². The third-order valence-electron chi connectivity index (χ3n) is 4.16. The lowest BCUT2D eigenvalue weighted by Gasteiger charge is -2.32. The molecular formula is C13H25N3O.